The highest BCUT2D eigenvalue weighted by atomic mass is 16.5. The number of amides is 1. The molecule has 2 unspecified atom stereocenters. The lowest BCUT2D eigenvalue weighted by atomic mass is 10.0. The Labute approximate surface area is 119 Å². The molecule has 20 heavy (non-hydrogen) atoms. The molecule has 110 valence electrons. The fourth-order valence-electron chi connectivity index (χ4n) is 2.56. The van der Waals surface area contributed by atoms with Gasteiger partial charge in [-0.15, -0.1) is 0 Å². The van der Waals surface area contributed by atoms with Gasteiger partial charge in [-0.3, -0.25) is 4.79 Å². The maximum atomic E-state index is 11.5. The highest BCUT2D eigenvalue weighted by Crippen LogP contribution is 2.28. The molecule has 1 aliphatic heterocycles. The van der Waals surface area contributed by atoms with E-state index in [0.717, 1.165) is 12.8 Å². The van der Waals surface area contributed by atoms with E-state index in [4.69, 9.17) is 15.2 Å². The van der Waals surface area contributed by atoms with Gasteiger partial charge in [-0.05, 0) is 32.0 Å². The van der Waals surface area contributed by atoms with Crippen LogP contribution in [0.1, 0.15) is 37.0 Å². The molecule has 0 aliphatic carbocycles. The molecule has 1 heterocycles. The van der Waals surface area contributed by atoms with Crippen molar-refractivity contribution in [3.63, 3.8) is 0 Å². The van der Waals surface area contributed by atoms with Crippen LogP contribution in [-0.2, 0) is 4.74 Å². The van der Waals surface area contributed by atoms with E-state index in [-0.39, 0.29) is 24.2 Å². The van der Waals surface area contributed by atoms with Gasteiger partial charge in [0.25, 0.3) is 5.91 Å². The van der Waals surface area contributed by atoms with Crippen LogP contribution in [0.3, 0.4) is 0 Å². The van der Waals surface area contributed by atoms with Crippen LogP contribution in [-0.4, -0.2) is 31.3 Å². The third kappa shape index (κ3) is 3.42. The van der Waals surface area contributed by atoms with Crippen LogP contribution in [0.25, 0.3) is 0 Å². The number of nitrogens with two attached hydrogens (primary N) is 1. The van der Waals surface area contributed by atoms with Crippen LogP contribution >= 0.6 is 0 Å². The van der Waals surface area contributed by atoms with E-state index in [1.807, 2.05) is 13.8 Å². The number of carbonyl (C=O) groups excluding carboxylic acids is 1. The van der Waals surface area contributed by atoms with Crippen molar-refractivity contribution in [3.8, 4) is 5.75 Å². The topological polar surface area (TPSA) is 73.6 Å². The van der Waals surface area contributed by atoms with Gasteiger partial charge in [-0.25, -0.2) is 0 Å². The molecule has 0 saturated carbocycles. The van der Waals surface area contributed by atoms with Gasteiger partial charge in [0.1, 0.15) is 11.9 Å². The van der Waals surface area contributed by atoms with Crippen LogP contribution < -0.4 is 15.8 Å². The summed E-state index contributed by atoms with van der Waals surface area (Å²) in [6.45, 7) is 4.09. The number of hydrogen-bond donors (Lipinski definition) is 2. The third-order valence-corrected chi connectivity index (χ3v) is 3.45. The van der Waals surface area contributed by atoms with Crippen LogP contribution in [0.15, 0.2) is 18.2 Å². The molecule has 1 fully saturated rings. The quantitative estimate of drug-likeness (QED) is 0.829. The van der Waals surface area contributed by atoms with Gasteiger partial charge in [-0.2, -0.15) is 0 Å². The van der Waals surface area contributed by atoms with E-state index in [1.54, 1.807) is 25.2 Å². The monoisotopic (exact) mass is 278 g/mol. The second-order valence-corrected chi connectivity index (χ2v) is 5.30. The molecule has 5 heteroatoms. The summed E-state index contributed by atoms with van der Waals surface area (Å²) in [4.78, 5) is 11.5. The van der Waals surface area contributed by atoms with Crippen molar-refractivity contribution in [2.24, 2.45) is 0 Å². The summed E-state index contributed by atoms with van der Waals surface area (Å²) < 4.78 is 11.6. The molecule has 0 bridgehead atoms. The Balaban J connectivity index is 2.08. The van der Waals surface area contributed by atoms with Crippen molar-refractivity contribution in [2.75, 3.05) is 12.8 Å². The Morgan fingerprint density at radius 3 is 2.55 bits per heavy atom. The predicted molar refractivity (Wildman–Crippen MR) is 77.9 cm³/mol. The van der Waals surface area contributed by atoms with E-state index in [2.05, 4.69) is 5.32 Å². The minimum Gasteiger partial charge on any atom is -0.488 e. The molecular weight excluding hydrogens is 256 g/mol. The molecule has 0 spiro atoms. The molecule has 3 N–H and O–H groups in total. The largest absolute Gasteiger partial charge is 0.488 e. The summed E-state index contributed by atoms with van der Waals surface area (Å²) in [5.74, 6) is 0.473. The minimum absolute atomic E-state index is 0.0990. The lowest BCUT2D eigenvalue weighted by Gasteiger charge is -2.32. The van der Waals surface area contributed by atoms with Gasteiger partial charge >= 0.3 is 0 Å². The van der Waals surface area contributed by atoms with Crippen molar-refractivity contribution >= 4 is 11.6 Å². The van der Waals surface area contributed by atoms with Gasteiger partial charge in [0.05, 0.1) is 17.9 Å². The number of ether oxygens (including phenoxy) is 2. The number of nitrogen functional groups attached to an aromatic ring is 1. The second-order valence-electron chi connectivity index (χ2n) is 5.30. The number of nitrogens with one attached hydrogen (secondary N) is 1. The van der Waals surface area contributed by atoms with Crippen LogP contribution in [0.5, 0.6) is 5.75 Å². The number of carbonyl (C=O) groups is 1. The Kier molecular flexibility index (Phi) is 4.49. The first kappa shape index (κ1) is 14.7. The first-order valence-corrected chi connectivity index (χ1v) is 6.93. The van der Waals surface area contributed by atoms with E-state index in [0.29, 0.717) is 17.0 Å². The smallest absolute Gasteiger partial charge is 0.251 e. The molecule has 2 rings (SSSR count). The van der Waals surface area contributed by atoms with Crippen LogP contribution in [0.2, 0.25) is 0 Å². The first-order valence-electron chi connectivity index (χ1n) is 6.93. The molecule has 1 aliphatic rings. The lowest BCUT2D eigenvalue weighted by molar-refractivity contribution is -0.0720. The maximum Gasteiger partial charge on any atom is 0.251 e. The molecule has 5 nitrogen and oxygen atoms in total. The molecule has 1 amide bonds. The number of rotatable bonds is 3. The zero-order valence-electron chi connectivity index (χ0n) is 12.2. The second kappa shape index (κ2) is 6.13. The fraction of sp³-hybridized carbons (Fsp3) is 0.533. The standard InChI is InChI=1S/C15H22N2O3/c1-9-6-12(7-10(2)19-9)20-14-5-4-11(8-13(14)16)15(18)17-3/h4-5,8-10,12H,6-7,16H2,1-3H3,(H,17,18). The van der Waals surface area contributed by atoms with Crippen molar-refractivity contribution < 1.29 is 14.3 Å². The summed E-state index contributed by atoms with van der Waals surface area (Å²) in [5, 5.41) is 2.57. The Morgan fingerprint density at radius 2 is 2.00 bits per heavy atom. The average Bonchev–Trinajstić information content (AvgIpc) is 2.39. The lowest BCUT2D eigenvalue weighted by Crippen LogP contribution is -2.35. The highest BCUT2D eigenvalue weighted by Gasteiger charge is 2.26. The number of benzene rings is 1. The van der Waals surface area contributed by atoms with Gasteiger partial charge in [0.2, 0.25) is 0 Å². The molecule has 0 aromatic heterocycles. The minimum atomic E-state index is -0.156. The molecule has 0 radical (unpaired) electrons. The zero-order chi connectivity index (χ0) is 14.7. The Bertz CT molecular complexity index is 480. The van der Waals surface area contributed by atoms with Crippen LogP contribution in [0.4, 0.5) is 5.69 Å². The molecular formula is C15H22N2O3. The fourth-order valence-corrected chi connectivity index (χ4v) is 2.56. The van der Waals surface area contributed by atoms with Crippen molar-refractivity contribution in [2.45, 2.75) is 45.0 Å². The van der Waals surface area contributed by atoms with Crippen LogP contribution in [0, 0.1) is 0 Å². The summed E-state index contributed by atoms with van der Waals surface area (Å²) in [7, 11) is 1.59. The number of hydrogen-bond acceptors (Lipinski definition) is 4. The Hall–Kier alpha value is -1.75. The van der Waals surface area contributed by atoms with Crippen molar-refractivity contribution in [1.82, 2.24) is 5.32 Å². The normalized spacial score (nSPS) is 26.1. The van der Waals surface area contributed by atoms with Gasteiger partial charge < -0.3 is 20.5 Å². The zero-order valence-corrected chi connectivity index (χ0v) is 12.2. The summed E-state index contributed by atoms with van der Waals surface area (Å²) in [6, 6.07) is 5.11. The summed E-state index contributed by atoms with van der Waals surface area (Å²) in [6.07, 6.45) is 2.18. The van der Waals surface area contributed by atoms with Gasteiger partial charge in [0, 0.05) is 25.5 Å². The summed E-state index contributed by atoms with van der Waals surface area (Å²) in [5.41, 5.74) is 6.98. The number of anilines is 1. The van der Waals surface area contributed by atoms with Gasteiger partial charge in [0.15, 0.2) is 0 Å². The van der Waals surface area contributed by atoms with Crippen molar-refractivity contribution in [3.05, 3.63) is 23.8 Å². The third-order valence-electron chi connectivity index (χ3n) is 3.45. The highest BCUT2D eigenvalue weighted by molar-refractivity contribution is 5.95. The first-order chi connectivity index (χ1) is 9.49. The Morgan fingerprint density at radius 1 is 1.35 bits per heavy atom. The molecule has 1 aromatic carbocycles. The molecule has 1 aromatic rings. The van der Waals surface area contributed by atoms with E-state index < -0.39 is 0 Å². The maximum absolute atomic E-state index is 11.5. The average molecular weight is 278 g/mol. The van der Waals surface area contributed by atoms with E-state index in [9.17, 15) is 4.79 Å². The van der Waals surface area contributed by atoms with E-state index >= 15 is 0 Å². The van der Waals surface area contributed by atoms with Gasteiger partial charge in [-0.1, -0.05) is 0 Å². The van der Waals surface area contributed by atoms with Crippen molar-refractivity contribution in [1.29, 1.82) is 0 Å². The van der Waals surface area contributed by atoms with E-state index in [1.165, 1.54) is 0 Å². The summed E-state index contributed by atoms with van der Waals surface area (Å²) >= 11 is 0. The molecule has 2 atom stereocenters. The molecule has 1 saturated heterocycles. The SMILES string of the molecule is CNC(=O)c1ccc(OC2CC(C)OC(C)C2)c(N)c1. The predicted octanol–water partition coefficient (Wildman–Crippen LogP) is 1.96.